The van der Waals surface area contributed by atoms with E-state index in [1.165, 1.54) is 0 Å². The molecule has 2 rings (SSSR count). The summed E-state index contributed by atoms with van der Waals surface area (Å²) in [6, 6.07) is 1.75. The number of hydrogen-bond donors (Lipinski definition) is 2. The molecule has 1 aliphatic carbocycles. The Kier molecular flexibility index (Phi) is 4.68. The van der Waals surface area contributed by atoms with Crippen LogP contribution < -0.4 is 5.32 Å². The Bertz CT molecular complexity index is 489. The SMILES string of the molecule is CN(CC(=O)Nc1cc(C(C)(C)C)no1)CC(O)C1CC1. The van der Waals surface area contributed by atoms with Gasteiger partial charge in [0.15, 0.2) is 0 Å². The number of anilines is 1. The second-order valence-electron chi connectivity index (χ2n) is 6.98. The highest BCUT2D eigenvalue weighted by Gasteiger charge is 2.30. The fraction of sp³-hybridized carbons (Fsp3) is 0.733. The van der Waals surface area contributed by atoms with Gasteiger partial charge in [0.1, 0.15) is 0 Å². The molecule has 1 aromatic heterocycles. The lowest BCUT2D eigenvalue weighted by Crippen LogP contribution is -2.36. The molecule has 0 radical (unpaired) electrons. The molecule has 1 aliphatic rings. The minimum absolute atomic E-state index is 0.113. The van der Waals surface area contributed by atoms with Crippen LogP contribution in [0.4, 0.5) is 5.88 Å². The van der Waals surface area contributed by atoms with Crippen LogP contribution in [-0.2, 0) is 10.2 Å². The molecule has 0 aromatic carbocycles. The summed E-state index contributed by atoms with van der Waals surface area (Å²) in [7, 11) is 1.83. The maximum absolute atomic E-state index is 11.9. The second-order valence-corrected chi connectivity index (χ2v) is 6.98. The molecule has 0 bridgehead atoms. The predicted molar refractivity (Wildman–Crippen MR) is 80.1 cm³/mol. The van der Waals surface area contributed by atoms with Crippen molar-refractivity contribution in [1.82, 2.24) is 10.1 Å². The Labute approximate surface area is 125 Å². The maximum atomic E-state index is 11.9. The van der Waals surface area contributed by atoms with E-state index >= 15 is 0 Å². The van der Waals surface area contributed by atoms with Gasteiger partial charge in [-0.2, -0.15) is 0 Å². The van der Waals surface area contributed by atoms with Gasteiger partial charge in [-0.3, -0.25) is 15.0 Å². The van der Waals surface area contributed by atoms with Gasteiger partial charge in [0.25, 0.3) is 0 Å². The Morgan fingerprint density at radius 2 is 2.24 bits per heavy atom. The average molecular weight is 295 g/mol. The van der Waals surface area contributed by atoms with E-state index < -0.39 is 0 Å². The summed E-state index contributed by atoms with van der Waals surface area (Å²) in [4.78, 5) is 13.7. The molecule has 1 heterocycles. The monoisotopic (exact) mass is 295 g/mol. The predicted octanol–water partition coefficient (Wildman–Crippen LogP) is 1.61. The van der Waals surface area contributed by atoms with Gasteiger partial charge in [-0.25, -0.2) is 0 Å². The van der Waals surface area contributed by atoms with Crippen molar-refractivity contribution in [3.05, 3.63) is 11.8 Å². The van der Waals surface area contributed by atoms with Gasteiger partial charge in [-0.15, -0.1) is 0 Å². The van der Waals surface area contributed by atoms with Gasteiger partial charge in [-0.1, -0.05) is 25.9 Å². The zero-order valence-electron chi connectivity index (χ0n) is 13.2. The van der Waals surface area contributed by atoms with Crippen LogP contribution in [0, 0.1) is 5.92 Å². The Morgan fingerprint density at radius 3 is 2.76 bits per heavy atom. The van der Waals surface area contributed by atoms with Crippen molar-refractivity contribution < 1.29 is 14.4 Å². The lowest BCUT2D eigenvalue weighted by Gasteiger charge is -2.19. The molecular weight excluding hydrogens is 270 g/mol. The van der Waals surface area contributed by atoms with Crippen molar-refractivity contribution in [2.45, 2.75) is 45.1 Å². The molecule has 1 atom stereocenters. The fourth-order valence-electron chi connectivity index (χ4n) is 2.12. The Hall–Kier alpha value is -1.40. The Balaban J connectivity index is 1.79. The smallest absolute Gasteiger partial charge is 0.240 e. The average Bonchev–Trinajstić information content (AvgIpc) is 3.08. The number of amides is 1. The number of aromatic nitrogens is 1. The second kappa shape index (κ2) is 6.15. The van der Waals surface area contributed by atoms with E-state index in [1.807, 2.05) is 32.7 Å². The molecule has 1 fully saturated rings. The molecule has 1 amide bonds. The third kappa shape index (κ3) is 4.82. The van der Waals surface area contributed by atoms with Gasteiger partial charge in [0.05, 0.1) is 18.3 Å². The lowest BCUT2D eigenvalue weighted by molar-refractivity contribution is -0.117. The largest absolute Gasteiger partial charge is 0.392 e. The normalized spacial score (nSPS) is 17.0. The van der Waals surface area contributed by atoms with Gasteiger partial charge in [-0.05, 0) is 25.8 Å². The van der Waals surface area contributed by atoms with E-state index in [4.69, 9.17) is 4.52 Å². The van der Waals surface area contributed by atoms with Crippen LogP contribution in [0.3, 0.4) is 0 Å². The van der Waals surface area contributed by atoms with Gasteiger partial charge >= 0.3 is 0 Å². The summed E-state index contributed by atoms with van der Waals surface area (Å²) in [6.07, 6.45) is 1.85. The molecule has 0 spiro atoms. The van der Waals surface area contributed by atoms with Crippen molar-refractivity contribution >= 4 is 11.8 Å². The van der Waals surface area contributed by atoms with Gasteiger partial charge < -0.3 is 9.63 Å². The van der Waals surface area contributed by atoms with Crippen molar-refractivity contribution in [2.24, 2.45) is 5.92 Å². The van der Waals surface area contributed by atoms with E-state index in [-0.39, 0.29) is 24.0 Å². The Morgan fingerprint density at radius 1 is 1.57 bits per heavy atom. The van der Waals surface area contributed by atoms with E-state index in [2.05, 4.69) is 10.5 Å². The first kappa shape index (κ1) is 16.0. The summed E-state index contributed by atoms with van der Waals surface area (Å²) < 4.78 is 5.12. The summed E-state index contributed by atoms with van der Waals surface area (Å²) in [5, 5.41) is 16.5. The molecule has 1 saturated carbocycles. The molecule has 1 aromatic rings. The summed E-state index contributed by atoms with van der Waals surface area (Å²) >= 11 is 0. The standard InChI is InChI=1S/C15H25N3O3/c1-15(2,3)12-7-14(21-17-12)16-13(20)9-18(4)8-11(19)10-5-6-10/h7,10-11,19H,5-6,8-9H2,1-4H3,(H,16,20). The van der Waals surface area contributed by atoms with Crippen LogP contribution in [0.1, 0.15) is 39.3 Å². The maximum Gasteiger partial charge on any atom is 0.240 e. The third-order valence-corrected chi connectivity index (χ3v) is 3.62. The summed E-state index contributed by atoms with van der Waals surface area (Å²) in [5.41, 5.74) is 0.688. The number of likely N-dealkylation sites (N-methyl/N-ethyl adjacent to an activating group) is 1. The third-order valence-electron chi connectivity index (χ3n) is 3.62. The van der Waals surface area contributed by atoms with Crippen LogP contribution in [0.5, 0.6) is 0 Å². The number of carbonyl (C=O) groups excluding carboxylic acids is 1. The van der Waals surface area contributed by atoms with E-state index in [0.29, 0.717) is 18.3 Å². The van der Waals surface area contributed by atoms with Crippen molar-refractivity contribution in [2.75, 3.05) is 25.5 Å². The van der Waals surface area contributed by atoms with Crippen LogP contribution in [0.15, 0.2) is 10.6 Å². The first-order valence-electron chi connectivity index (χ1n) is 7.39. The number of aliphatic hydroxyl groups is 1. The van der Waals surface area contributed by atoms with Crippen LogP contribution >= 0.6 is 0 Å². The van der Waals surface area contributed by atoms with E-state index in [9.17, 15) is 9.90 Å². The van der Waals surface area contributed by atoms with Crippen molar-refractivity contribution in [1.29, 1.82) is 0 Å². The zero-order valence-corrected chi connectivity index (χ0v) is 13.2. The highest BCUT2D eigenvalue weighted by molar-refractivity contribution is 5.90. The first-order valence-corrected chi connectivity index (χ1v) is 7.39. The lowest BCUT2D eigenvalue weighted by atomic mass is 9.92. The van der Waals surface area contributed by atoms with Crippen molar-refractivity contribution in [3.63, 3.8) is 0 Å². The van der Waals surface area contributed by atoms with E-state index in [0.717, 1.165) is 18.5 Å². The first-order chi connectivity index (χ1) is 9.75. The van der Waals surface area contributed by atoms with Gasteiger partial charge in [0.2, 0.25) is 11.8 Å². The molecule has 0 saturated heterocycles. The van der Waals surface area contributed by atoms with Crippen LogP contribution in [0.25, 0.3) is 0 Å². The van der Waals surface area contributed by atoms with Crippen molar-refractivity contribution in [3.8, 4) is 0 Å². The number of nitrogens with zero attached hydrogens (tertiary/aromatic N) is 2. The molecule has 6 heteroatoms. The number of carbonyl (C=O) groups is 1. The summed E-state index contributed by atoms with van der Waals surface area (Å²) in [6.45, 7) is 6.83. The molecule has 118 valence electrons. The minimum atomic E-state index is -0.333. The molecule has 2 N–H and O–H groups in total. The molecule has 0 aliphatic heterocycles. The molecule has 6 nitrogen and oxygen atoms in total. The minimum Gasteiger partial charge on any atom is -0.392 e. The molecule has 21 heavy (non-hydrogen) atoms. The number of aliphatic hydroxyl groups excluding tert-OH is 1. The number of hydrogen-bond acceptors (Lipinski definition) is 5. The highest BCUT2D eigenvalue weighted by Crippen LogP contribution is 2.32. The molecular formula is C15H25N3O3. The topological polar surface area (TPSA) is 78.6 Å². The molecule has 1 unspecified atom stereocenters. The van der Waals surface area contributed by atoms with Crippen LogP contribution in [-0.4, -0.2) is 47.3 Å². The van der Waals surface area contributed by atoms with E-state index in [1.54, 1.807) is 6.07 Å². The number of nitrogens with one attached hydrogen (secondary N) is 1. The van der Waals surface area contributed by atoms with Gasteiger partial charge in [0, 0.05) is 18.0 Å². The summed E-state index contributed by atoms with van der Waals surface area (Å²) in [5.74, 6) is 0.609. The number of rotatable bonds is 6. The highest BCUT2D eigenvalue weighted by atomic mass is 16.5. The zero-order chi connectivity index (χ0) is 15.6. The van der Waals surface area contributed by atoms with Crippen LogP contribution in [0.2, 0.25) is 0 Å². The fourth-order valence-corrected chi connectivity index (χ4v) is 2.12. The quantitative estimate of drug-likeness (QED) is 0.833.